The summed E-state index contributed by atoms with van der Waals surface area (Å²) in [6.07, 6.45) is 10.2. The van der Waals surface area contributed by atoms with Crippen LogP contribution in [0.2, 0.25) is 0 Å². The number of allylic oxidation sites excluding steroid dienone is 1. The van der Waals surface area contributed by atoms with Gasteiger partial charge in [0, 0.05) is 36.8 Å². The van der Waals surface area contributed by atoms with Crippen molar-refractivity contribution in [2.24, 2.45) is 22.9 Å². The first-order valence-corrected chi connectivity index (χ1v) is 18.4. The lowest BCUT2D eigenvalue weighted by atomic mass is 9.56. The molecular formula is C38H52N2O6S. The van der Waals surface area contributed by atoms with Gasteiger partial charge in [0.2, 0.25) is 5.79 Å². The van der Waals surface area contributed by atoms with Crippen LogP contribution < -0.4 is 9.47 Å². The molecule has 0 saturated heterocycles. The Hall–Kier alpha value is -2.85. The molecule has 1 aliphatic heterocycles. The summed E-state index contributed by atoms with van der Waals surface area (Å²) < 4.78 is 20.4. The largest absolute Gasteiger partial charge is 0.487 e. The van der Waals surface area contributed by atoms with Gasteiger partial charge in [0.05, 0.1) is 29.2 Å². The number of benzene rings is 1. The highest BCUT2D eigenvalue weighted by atomic mass is 32.2. The minimum absolute atomic E-state index is 0.0168. The molecular weight excluding hydrogens is 612 g/mol. The smallest absolute Gasteiger partial charge is 0.230 e. The summed E-state index contributed by atoms with van der Waals surface area (Å²) in [5, 5.41) is 24.2. The van der Waals surface area contributed by atoms with Crippen LogP contribution in [0.5, 0.6) is 11.5 Å². The van der Waals surface area contributed by atoms with Gasteiger partial charge < -0.3 is 29.3 Å². The van der Waals surface area contributed by atoms with Crippen LogP contribution in [0.15, 0.2) is 65.9 Å². The number of pyridine rings is 1. The van der Waals surface area contributed by atoms with Gasteiger partial charge in [-0.1, -0.05) is 43.1 Å². The van der Waals surface area contributed by atoms with Gasteiger partial charge in [-0.15, -0.1) is 6.58 Å². The summed E-state index contributed by atoms with van der Waals surface area (Å²) in [5.74, 6) is 2.01. The monoisotopic (exact) mass is 664 g/mol. The molecule has 1 fully saturated rings. The maximum Gasteiger partial charge on any atom is 0.230 e. The fourth-order valence-electron chi connectivity index (χ4n) is 7.75. The van der Waals surface area contributed by atoms with Gasteiger partial charge in [-0.05, 0) is 93.0 Å². The van der Waals surface area contributed by atoms with Crippen LogP contribution in [0.1, 0.15) is 81.7 Å². The molecule has 9 heteroatoms. The Morgan fingerprint density at radius 1 is 1.11 bits per heavy atom. The SMILES string of the molecule is C=CCOC12Oc3ccc(OCc4cccc(C)n4)cc3C3C(CCCCO)C(CCCCO)C=C(C(=NOCC)CC1SCC)C32. The van der Waals surface area contributed by atoms with E-state index < -0.39 is 5.79 Å². The lowest BCUT2D eigenvalue weighted by Crippen LogP contribution is -2.64. The number of hydrogen-bond donors (Lipinski definition) is 2. The number of aliphatic hydroxyl groups is 2. The molecule has 1 aromatic carbocycles. The van der Waals surface area contributed by atoms with Crippen molar-refractivity contribution in [1.29, 1.82) is 0 Å². The molecule has 1 saturated carbocycles. The van der Waals surface area contributed by atoms with Gasteiger partial charge in [-0.3, -0.25) is 4.98 Å². The molecule has 2 aromatic rings. The topological polar surface area (TPSA) is 103 Å². The van der Waals surface area contributed by atoms with E-state index in [9.17, 15) is 10.2 Å². The molecule has 6 unspecified atom stereocenters. The molecule has 47 heavy (non-hydrogen) atoms. The third-order valence-corrected chi connectivity index (χ3v) is 10.9. The van der Waals surface area contributed by atoms with Crippen molar-refractivity contribution in [3.8, 4) is 11.5 Å². The minimum Gasteiger partial charge on any atom is -0.487 e. The Labute approximate surface area is 284 Å². The average Bonchev–Trinajstić information content (AvgIpc) is 3.08. The number of thioether (sulfide) groups is 1. The Kier molecular flexibility index (Phi) is 12.8. The van der Waals surface area contributed by atoms with E-state index in [4.69, 9.17) is 24.2 Å². The van der Waals surface area contributed by atoms with E-state index in [2.05, 4.69) is 30.6 Å². The van der Waals surface area contributed by atoms with Crippen molar-refractivity contribution in [3.63, 3.8) is 0 Å². The van der Waals surface area contributed by atoms with E-state index in [0.717, 1.165) is 84.0 Å². The number of aryl methyl sites for hydroxylation is 1. The maximum atomic E-state index is 9.77. The zero-order valence-electron chi connectivity index (χ0n) is 28.2. The van der Waals surface area contributed by atoms with E-state index in [1.165, 1.54) is 0 Å². The number of nitrogens with zero attached hydrogens (tertiary/aromatic N) is 2. The third kappa shape index (κ3) is 7.90. The number of oxime groups is 1. The number of fused-ring (bicyclic) bond motifs is 2. The van der Waals surface area contributed by atoms with Crippen LogP contribution in [0.25, 0.3) is 0 Å². The fourth-order valence-corrected chi connectivity index (χ4v) is 8.92. The van der Waals surface area contributed by atoms with Crippen molar-refractivity contribution in [2.75, 3.05) is 32.2 Å². The lowest BCUT2D eigenvalue weighted by Gasteiger charge is -2.58. The van der Waals surface area contributed by atoms with Gasteiger partial charge in [0.15, 0.2) is 0 Å². The molecule has 5 rings (SSSR count). The number of aromatic nitrogens is 1. The quantitative estimate of drug-likeness (QED) is 0.0968. The number of rotatable bonds is 18. The normalized spacial score (nSPS) is 27.0. The van der Waals surface area contributed by atoms with Gasteiger partial charge in [-0.2, -0.15) is 11.8 Å². The van der Waals surface area contributed by atoms with Crippen LogP contribution >= 0.6 is 11.8 Å². The van der Waals surface area contributed by atoms with Crippen molar-refractivity contribution >= 4 is 17.5 Å². The predicted molar refractivity (Wildman–Crippen MR) is 188 cm³/mol. The van der Waals surface area contributed by atoms with Crippen molar-refractivity contribution in [1.82, 2.24) is 4.98 Å². The molecule has 3 aliphatic rings. The molecule has 8 nitrogen and oxygen atoms in total. The zero-order chi connectivity index (χ0) is 33.2. The highest BCUT2D eigenvalue weighted by Crippen LogP contribution is 2.62. The van der Waals surface area contributed by atoms with E-state index >= 15 is 0 Å². The van der Waals surface area contributed by atoms with E-state index in [1.54, 1.807) is 6.08 Å². The highest BCUT2D eigenvalue weighted by molar-refractivity contribution is 8.00. The maximum absolute atomic E-state index is 9.77. The fraction of sp³-hybridized carbons (Fsp3) is 0.579. The van der Waals surface area contributed by atoms with Gasteiger partial charge in [0.1, 0.15) is 24.7 Å². The van der Waals surface area contributed by atoms with Gasteiger partial charge >= 0.3 is 0 Å². The van der Waals surface area contributed by atoms with Crippen LogP contribution in [0.4, 0.5) is 0 Å². The number of hydrogen-bond acceptors (Lipinski definition) is 9. The summed E-state index contributed by atoms with van der Waals surface area (Å²) in [6, 6.07) is 12.2. The third-order valence-electron chi connectivity index (χ3n) is 9.63. The summed E-state index contributed by atoms with van der Waals surface area (Å²) in [5.41, 5.74) is 5.08. The van der Waals surface area contributed by atoms with Gasteiger partial charge in [0.25, 0.3) is 0 Å². The second-order valence-corrected chi connectivity index (χ2v) is 14.2. The standard InChI is InChI=1S/C38H52N2O6S/c1-5-21-44-38-35(47-7-3)24-33(40-45-6-2)31-22-27(14-8-10-19-41)30(16-9-11-20-42)36(37(31)38)32-23-29(17-18-34(32)46-38)43-25-28-15-12-13-26(4)39-28/h5,12-13,15,17-18,22-23,27,30,35-37,41-42H,1,6-11,14,16,19-21,24-25H2,2-4H3. The van der Waals surface area contributed by atoms with Crippen LogP contribution in [-0.4, -0.2) is 64.1 Å². The summed E-state index contributed by atoms with van der Waals surface area (Å²) in [4.78, 5) is 10.4. The van der Waals surface area contributed by atoms with Crippen LogP contribution in [0.3, 0.4) is 0 Å². The summed E-state index contributed by atoms with van der Waals surface area (Å²) in [6.45, 7) is 11.7. The Balaban J connectivity index is 1.66. The molecule has 0 bridgehead atoms. The van der Waals surface area contributed by atoms with Crippen LogP contribution in [0, 0.1) is 24.7 Å². The predicted octanol–water partition coefficient (Wildman–Crippen LogP) is 7.38. The Morgan fingerprint density at radius 2 is 1.91 bits per heavy atom. The number of ether oxygens (including phenoxy) is 3. The number of unbranched alkanes of at least 4 members (excludes halogenated alkanes) is 2. The second kappa shape index (κ2) is 17.0. The molecule has 2 heterocycles. The number of aliphatic hydroxyl groups excluding tert-OH is 2. The molecule has 1 aromatic heterocycles. The van der Waals surface area contributed by atoms with E-state index in [0.29, 0.717) is 26.2 Å². The average molecular weight is 665 g/mol. The van der Waals surface area contributed by atoms with E-state index in [-0.39, 0.29) is 42.1 Å². The molecule has 0 spiro atoms. The summed E-state index contributed by atoms with van der Waals surface area (Å²) >= 11 is 1.85. The lowest BCUT2D eigenvalue weighted by molar-refractivity contribution is -0.223. The van der Waals surface area contributed by atoms with Crippen LogP contribution in [-0.2, 0) is 16.2 Å². The van der Waals surface area contributed by atoms with Gasteiger partial charge in [-0.25, -0.2) is 0 Å². The minimum atomic E-state index is -0.928. The molecule has 2 aliphatic carbocycles. The van der Waals surface area contributed by atoms with Crippen molar-refractivity contribution in [3.05, 3.63) is 77.7 Å². The van der Waals surface area contributed by atoms with Crippen molar-refractivity contribution in [2.45, 2.75) is 89.3 Å². The van der Waals surface area contributed by atoms with Crippen molar-refractivity contribution < 1.29 is 29.3 Å². The second-order valence-electron chi connectivity index (χ2n) is 12.7. The molecule has 256 valence electrons. The molecule has 2 N–H and O–H groups in total. The Bertz CT molecular complexity index is 1400. The first-order chi connectivity index (χ1) is 23.0. The molecule has 0 radical (unpaired) electrons. The van der Waals surface area contributed by atoms with E-state index in [1.807, 2.05) is 55.9 Å². The highest BCUT2D eigenvalue weighted by Gasteiger charge is 2.63. The Morgan fingerprint density at radius 3 is 2.64 bits per heavy atom. The molecule has 0 amide bonds. The summed E-state index contributed by atoms with van der Waals surface area (Å²) in [7, 11) is 0. The molecule has 6 atom stereocenters. The first-order valence-electron chi connectivity index (χ1n) is 17.4. The zero-order valence-corrected chi connectivity index (χ0v) is 29.1. The first kappa shape index (κ1) is 35.5.